The first kappa shape index (κ1) is 14.0. The highest BCUT2D eigenvalue weighted by molar-refractivity contribution is 8.03. The van der Waals surface area contributed by atoms with Crippen molar-refractivity contribution in [3.63, 3.8) is 0 Å². The minimum Gasteiger partial charge on any atom is -0.311 e. The predicted octanol–water partition coefficient (Wildman–Crippen LogP) is 2.30. The molecule has 2 fully saturated rings. The topological polar surface area (TPSA) is 15.3 Å². The number of likely N-dealkylation sites (N-methyl/N-ethyl adjacent to an activating group) is 1. The molecule has 100 valence electrons. The Morgan fingerprint density at radius 2 is 1.94 bits per heavy atom. The van der Waals surface area contributed by atoms with Crippen LogP contribution in [0.25, 0.3) is 0 Å². The first-order chi connectivity index (χ1) is 8.40. The third-order valence-corrected chi connectivity index (χ3v) is 6.33. The molecule has 0 bridgehead atoms. The molecular weight excluding hydrogens is 248 g/mol. The van der Waals surface area contributed by atoms with E-state index in [0.29, 0.717) is 0 Å². The molecule has 0 aromatic rings. The van der Waals surface area contributed by atoms with Crippen LogP contribution >= 0.6 is 23.5 Å². The lowest BCUT2D eigenvalue weighted by Crippen LogP contribution is -2.48. The van der Waals surface area contributed by atoms with Crippen LogP contribution in [-0.2, 0) is 0 Å². The van der Waals surface area contributed by atoms with Crippen LogP contribution in [0.3, 0.4) is 0 Å². The molecule has 0 spiro atoms. The summed E-state index contributed by atoms with van der Waals surface area (Å²) in [7, 11) is 0. The van der Waals surface area contributed by atoms with Crippen LogP contribution in [0.2, 0.25) is 0 Å². The van der Waals surface area contributed by atoms with Crippen molar-refractivity contribution in [2.24, 2.45) is 0 Å². The third-order valence-electron chi connectivity index (χ3n) is 3.81. The van der Waals surface area contributed by atoms with E-state index in [4.69, 9.17) is 0 Å². The maximum atomic E-state index is 3.81. The zero-order valence-electron chi connectivity index (χ0n) is 11.0. The van der Waals surface area contributed by atoms with Gasteiger partial charge < -0.3 is 5.32 Å². The molecule has 0 aromatic heterocycles. The van der Waals surface area contributed by atoms with Gasteiger partial charge in [0.2, 0.25) is 0 Å². The number of piperidine rings is 1. The van der Waals surface area contributed by atoms with Crippen molar-refractivity contribution < 1.29 is 0 Å². The zero-order chi connectivity index (χ0) is 11.9. The zero-order valence-corrected chi connectivity index (χ0v) is 12.6. The van der Waals surface area contributed by atoms with Gasteiger partial charge in [0.05, 0.1) is 0 Å². The average molecular weight is 274 g/mol. The van der Waals surface area contributed by atoms with Crippen LogP contribution < -0.4 is 5.32 Å². The maximum absolute atomic E-state index is 3.81. The lowest BCUT2D eigenvalue weighted by molar-refractivity contribution is 0.151. The summed E-state index contributed by atoms with van der Waals surface area (Å²) in [4.78, 5) is 2.66. The van der Waals surface area contributed by atoms with Gasteiger partial charge in [-0.05, 0) is 25.9 Å². The molecule has 2 aliphatic heterocycles. The van der Waals surface area contributed by atoms with Gasteiger partial charge in [0.25, 0.3) is 0 Å². The molecule has 0 saturated carbocycles. The Bertz CT molecular complexity index is 206. The van der Waals surface area contributed by atoms with Gasteiger partial charge in [0, 0.05) is 41.6 Å². The maximum Gasteiger partial charge on any atom is 0.0249 e. The van der Waals surface area contributed by atoms with Crippen LogP contribution in [0.15, 0.2) is 0 Å². The molecule has 0 aliphatic carbocycles. The number of rotatable bonds is 4. The fourth-order valence-electron chi connectivity index (χ4n) is 2.75. The Morgan fingerprint density at radius 1 is 1.18 bits per heavy atom. The standard InChI is InChI=1S/C13H26N2S2/c1-2-15-6-4-3-5-13(15)9-14-12-10-16-7-8-17-11-12/h12-14H,2-11H2,1H3. The fraction of sp³-hybridized carbons (Fsp3) is 1.00. The summed E-state index contributed by atoms with van der Waals surface area (Å²) in [5.74, 6) is 5.30. The van der Waals surface area contributed by atoms with Gasteiger partial charge in [-0.3, -0.25) is 4.90 Å². The fourth-order valence-corrected chi connectivity index (χ4v) is 5.21. The van der Waals surface area contributed by atoms with E-state index in [1.165, 1.54) is 61.9 Å². The second kappa shape index (κ2) is 7.93. The highest BCUT2D eigenvalue weighted by Gasteiger charge is 2.22. The van der Waals surface area contributed by atoms with Gasteiger partial charge in [-0.1, -0.05) is 13.3 Å². The van der Waals surface area contributed by atoms with Crippen molar-refractivity contribution in [3.05, 3.63) is 0 Å². The van der Waals surface area contributed by atoms with Crippen molar-refractivity contribution in [1.29, 1.82) is 0 Å². The Kier molecular flexibility index (Phi) is 6.54. The van der Waals surface area contributed by atoms with Crippen LogP contribution in [0, 0.1) is 0 Å². The number of nitrogens with one attached hydrogen (secondary N) is 1. The largest absolute Gasteiger partial charge is 0.311 e. The number of hydrogen-bond donors (Lipinski definition) is 1. The van der Waals surface area contributed by atoms with Gasteiger partial charge in [-0.2, -0.15) is 23.5 Å². The molecule has 1 atom stereocenters. The summed E-state index contributed by atoms with van der Waals surface area (Å²) < 4.78 is 0. The first-order valence-corrected chi connectivity index (χ1v) is 9.34. The minimum absolute atomic E-state index is 0.744. The quantitative estimate of drug-likeness (QED) is 0.846. The van der Waals surface area contributed by atoms with Crippen LogP contribution in [0.5, 0.6) is 0 Å². The first-order valence-electron chi connectivity index (χ1n) is 7.03. The summed E-state index contributed by atoms with van der Waals surface area (Å²) in [5, 5.41) is 3.81. The molecule has 0 radical (unpaired) electrons. The van der Waals surface area contributed by atoms with Gasteiger partial charge in [-0.15, -0.1) is 0 Å². The van der Waals surface area contributed by atoms with E-state index in [1.807, 2.05) is 0 Å². The van der Waals surface area contributed by atoms with E-state index >= 15 is 0 Å². The second-order valence-corrected chi connectivity index (χ2v) is 7.33. The second-order valence-electron chi connectivity index (χ2n) is 5.03. The molecule has 2 saturated heterocycles. The molecule has 2 aliphatic rings. The predicted molar refractivity (Wildman–Crippen MR) is 81.3 cm³/mol. The molecule has 2 rings (SSSR count). The van der Waals surface area contributed by atoms with E-state index in [-0.39, 0.29) is 0 Å². The third kappa shape index (κ3) is 4.66. The average Bonchev–Trinajstić information content (AvgIpc) is 2.65. The van der Waals surface area contributed by atoms with Gasteiger partial charge >= 0.3 is 0 Å². The monoisotopic (exact) mass is 274 g/mol. The lowest BCUT2D eigenvalue weighted by atomic mass is 10.0. The Labute approximate surface area is 115 Å². The molecular formula is C13H26N2S2. The molecule has 1 N–H and O–H groups in total. The highest BCUT2D eigenvalue weighted by Crippen LogP contribution is 2.18. The summed E-state index contributed by atoms with van der Waals surface area (Å²) in [6.45, 7) is 6.05. The lowest BCUT2D eigenvalue weighted by Gasteiger charge is -2.35. The Morgan fingerprint density at radius 3 is 2.65 bits per heavy atom. The van der Waals surface area contributed by atoms with Crippen molar-refractivity contribution >= 4 is 23.5 Å². The van der Waals surface area contributed by atoms with Crippen LogP contribution in [0.4, 0.5) is 0 Å². The Balaban J connectivity index is 1.71. The molecule has 4 heteroatoms. The van der Waals surface area contributed by atoms with E-state index in [2.05, 4.69) is 40.7 Å². The molecule has 0 aromatic carbocycles. The van der Waals surface area contributed by atoms with Gasteiger partial charge in [0.1, 0.15) is 0 Å². The van der Waals surface area contributed by atoms with Crippen LogP contribution in [-0.4, -0.2) is 59.6 Å². The van der Waals surface area contributed by atoms with Crippen LogP contribution in [0.1, 0.15) is 26.2 Å². The minimum atomic E-state index is 0.744. The van der Waals surface area contributed by atoms with Gasteiger partial charge in [0.15, 0.2) is 0 Å². The summed E-state index contributed by atoms with van der Waals surface area (Å²) in [6.07, 6.45) is 4.23. The number of likely N-dealkylation sites (tertiary alicyclic amines) is 1. The molecule has 1 unspecified atom stereocenters. The summed E-state index contributed by atoms with van der Waals surface area (Å²) >= 11 is 4.24. The number of hydrogen-bond acceptors (Lipinski definition) is 4. The van der Waals surface area contributed by atoms with Crippen molar-refractivity contribution in [2.75, 3.05) is 42.6 Å². The highest BCUT2D eigenvalue weighted by atomic mass is 32.2. The smallest absolute Gasteiger partial charge is 0.0249 e. The molecule has 2 nitrogen and oxygen atoms in total. The Hall–Kier alpha value is 0.620. The summed E-state index contributed by atoms with van der Waals surface area (Å²) in [5.41, 5.74) is 0. The SMILES string of the molecule is CCN1CCCCC1CNC1CSCCSC1. The molecule has 17 heavy (non-hydrogen) atoms. The van der Waals surface area contributed by atoms with Crippen molar-refractivity contribution in [3.8, 4) is 0 Å². The van der Waals surface area contributed by atoms with E-state index in [9.17, 15) is 0 Å². The molecule has 2 heterocycles. The number of nitrogens with zero attached hydrogens (tertiary/aromatic N) is 1. The molecule has 0 amide bonds. The van der Waals surface area contributed by atoms with Gasteiger partial charge in [-0.25, -0.2) is 0 Å². The van der Waals surface area contributed by atoms with E-state index in [1.54, 1.807) is 0 Å². The van der Waals surface area contributed by atoms with Crippen molar-refractivity contribution in [1.82, 2.24) is 10.2 Å². The number of thioether (sulfide) groups is 2. The van der Waals surface area contributed by atoms with Crippen molar-refractivity contribution in [2.45, 2.75) is 38.3 Å². The normalized spacial score (nSPS) is 29.1. The van der Waals surface area contributed by atoms with E-state index < -0.39 is 0 Å². The van der Waals surface area contributed by atoms with E-state index in [0.717, 1.165) is 12.1 Å². The summed E-state index contributed by atoms with van der Waals surface area (Å²) in [6, 6.07) is 1.54.